The van der Waals surface area contributed by atoms with E-state index in [1.54, 1.807) is 13.8 Å². The van der Waals surface area contributed by atoms with Crippen LogP contribution in [0.3, 0.4) is 0 Å². The fraction of sp³-hybridized carbons (Fsp3) is 0.364. The monoisotopic (exact) mass is 242 g/mol. The van der Waals surface area contributed by atoms with Crippen molar-refractivity contribution < 1.29 is 29.4 Å². The minimum Gasteiger partial charge on any atom is -0.481 e. The van der Waals surface area contributed by atoms with Crippen LogP contribution < -0.4 is 0 Å². The van der Waals surface area contributed by atoms with Crippen LogP contribution in [0.25, 0.3) is 0 Å². The number of carbonyl (C=O) groups is 1. The smallest absolute Gasteiger partial charge is 0.309 e. The van der Waals surface area contributed by atoms with Crippen molar-refractivity contribution in [2.75, 3.05) is 0 Å². The number of rotatable bonds is 3. The molecular weight excluding hydrogens is 230 g/mol. The molecule has 72 valence electrons. The van der Waals surface area contributed by atoms with Crippen LogP contribution in [0.4, 0.5) is 0 Å². The Hall–Kier alpha value is -0.687. The molecule has 0 unspecified atom stereocenters. The molecule has 0 aliphatic rings. The largest absolute Gasteiger partial charge is 0.481 e. The molecule has 1 N–H and O–H groups in total. The Morgan fingerprint density at radius 2 is 1.79 bits per heavy atom. The van der Waals surface area contributed by atoms with E-state index in [0.29, 0.717) is 6.42 Å². The molecule has 1 aromatic carbocycles. The summed E-state index contributed by atoms with van der Waals surface area (Å²) in [6.45, 7) is 3.48. The van der Waals surface area contributed by atoms with Crippen molar-refractivity contribution in [2.45, 2.75) is 20.3 Å². The van der Waals surface area contributed by atoms with Gasteiger partial charge in [-0.1, -0.05) is 30.3 Å². The van der Waals surface area contributed by atoms with Gasteiger partial charge >= 0.3 is 5.97 Å². The van der Waals surface area contributed by atoms with E-state index >= 15 is 0 Å². The summed E-state index contributed by atoms with van der Waals surface area (Å²) in [5.41, 5.74) is 0.386. The Balaban J connectivity index is 0.00000169. The van der Waals surface area contributed by atoms with Gasteiger partial charge in [-0.3, -0.25) is 4.79 Å². The van der Waals surface area contributed by atoms with Crippen LogP contribution in [0.15, 0.2) is 30.3 Å². The molecule has 0 spiro atoms. The normalized spacial score (nSPS) is 10.4. The zero-order valence-electron chi connectivity index (χ0n) is 8.66. The van der Waals surface area contributed by atoms with Gasteiger partial charge in [0.1, 0.15) is 0 Å². The van der Waals surface area contributed by atoms with Crippen molar-refractivity contribution in [1.29, 1.82) is 0 Å². The zero-order chi connectivity index (χ0) is 9.90. The fourth-order valence-corrected chi connectivity index (χ4v) is 1.18. The predicted molar refractivity (Wildman–Crippen MR) is 51.6 cm³/mol. The van der Waals surface area contributed by atoms with E-state index in [1.165, 1.54) is 0 Å². The third-order valence-corrected chi connectivity index (χ3v) is 2.07. The summed E-state index contributed by atoms with van der Waals surface area (Å²) < 4.78 is 0. The van der Waals surface area contributed by atoms with Gasteiger partial charge in [-0.2, -0.15) is 0 Å². The van der Waals surface area contributed by atoms with Gasteiger partial charge in [0, 0.05) is 19.5 Å². The summed E-state index contributed by atoms with van der Waals surface area (Å²) in [4.78, 5) is 10.8. The van der Waals surface area contributed by atoms with Crippen molar-refractivity contribution in [3.63, 3.8) is 0 Å². The molecule has 0 saturated heterocycles. The standard InChI is InChI=1S/C11H14O2.Zn/c1-11(2,10(12)13)8-9-6-4-3-5-7-9;/h3-7H,8H2,1-2H3,(H,12,13);. The molecule has 14 heavy (non-hydrogen) atoms. The second-order valence-electron chi connectivity index (χ2n) is 3.85. The zero-order valence-corrected chi connectivity index (χ0v) is 11.6. The van der Waals surface area contributed by atoms with Gasteiger partial charge in [-0.25, -0.2) is 0 Å². The van der Waals surface area contributed by atoms with Crippen LogP contribution in [-0.2, 0) is 30.7 Å². The molecule has 0 aromatic heterocycles. The van der Waals surface area contributed by atoms with Gasteiger partial charge in [0.15, 0.2) is 0 Å². The molecule has 0 aliphatic carbocycles. The Morgan fingerprint density at radius 3 is 2.21 bits per heavy atom. The SMILES string of the molecule is CC(C)(Cc1ccccc1)C(=O)O.[Zn]. The summed E-state index contributed by atoms with van der Waals surface area (Å²) in [5.74, 6) is -0.753. The van der Waals surface area contributed by atoms with E-state index < -0.39 is 11.4 Å². The summed E-state index contributed by atoms with van der Waals surface area (Å²) in [7, 11) is 0. The second-order valence-corrected chi connectivity index (χ2v) is 3.85. The quantitative estimate of drug-likeness (QED) is 0.828. The summed E-state index contributed by atoms with van der Waals surface area (Å²) in [6, 6.07) is 9.67. The molecule has 0 heterocycles. The molecule has 0 atom stereocenters. The van der Waals surface area contributed by atoms with Crippen molar-refractivity contribution >= 4 is 5.97 Å². The Labute approximate surface area is 97.1 Å². The van der Waals surface area contributed by atoms with Crippen molar-refractivity contribution in [3.05, 3.63) is 35.9 Å². The number of hydrogen-bond donors (Lipinski definition) is 1. The van der Waals surface area contributed by atoms with Gasteiger partial charge in [0.25, 0.3) is 0 Å². The first-order valence-corrected chi connectivity index (χ1v) is 4.30. The van der Waals surface area contributed by atoms with Crippen LogP contribution in [0, 0.1) is 5.41 Å². The number of carboxylic acids is 1. The van der Waals surface area contributed by atoms with E-state index in [4.69, 9.17) is 5.11 Å². The van der Waals surface area contributed by atoms with Crippen molar-refractivity contribution in [3.8, 4) is 0 Å². The third kappa shape index (κ3) is 3.59. The van der Waals surface area contributed by atoms with Crippen LogP contribution >= 0.6 is 0 Å². The van der Waals surface area contributed by atoms with Gasteiger partial charge in [-0.15, -0.1) is 0 Å². The van der Waals surface area contributed by atoms with Gasteiger partial charge in [0.2, 0.25) is 0 Å². The Bertz CT molecular complexity index is 293. The van der Waals surface area contributed by atoms with E-state index in [-0.39, 0.29) is 19.5 Å². The predicted octanol–water partition coefficient (Wildman–Crippen LogP) is 2.34. The minimum atomic E-state index is -0.753. The Morgan fingerprint density at radius 1 is 1.29 bits per heavy atom. The molecule has 2 nitrogen and oxygen atoms in total. The van der Waals surface area contributed by atoms with Crippen molar-refractivity contribution in [1.82, 2.24) is 0 Å². The summed E-state index contributed by atoms with van der Waals surface area (Å²) in [5, 5.41) is 8.90. The van der Waals surface area contributed by atoms with E-state index in [2.05, 4.69) is 0 Å². The molecular formula is C11H14O2Zn. The molecule has 0 amide bonds. The number of aliphatic carboxylic acids is 1. The van der Waals surface area contributed by atoms with E-state index in [9.17, 15) is 4.79 Å². The van der Waals surface area contributed by atoms with Crippen LogP contribution in [0.1, 0.15) is 19.4 Å². The second kappa shape index (κ2) is 5.26. The van der Waals surface area contributed by atoms with Gasteiger partial charge in [-0.05, 0) is 25.8 Å². The Kier molecular flexibility index (Phi) is 5.00. The summed E-state index contributed by atoms with van der Waals surface area (Å²) in [6.07, 6.45) is 0.573. The van der Waals surface area contributed by atoms with Crippen molar-refractivity contribution in [2.24, 2.45) is 5.41 Å². The first-order valence-electron chi connectivity index (χ1n) is 4.30. The molecule has 1 rings (SSSR count). The molecule has 0 fully saturated rings. The van der Waals surface area contributed by atoms with Crippen LogP contribution in [0.2, 0.25) is 0 Å². The first-order chi connectivity index (χ1) is 6.02. The summed E-state index contributed by atoms with van der Waals surface area (Å²) >= 11 is 0. The maximum absolute atomic E-state index is 10.8. The molecule has 1 aromatic rings. The first kappa shape index (κ1) is 13.3. The average Bonchev–Trinajstić information content (AvgIpc) is 2.05. The van der Waals surface area contributed by atoms with Gasteiger partial charge in [0.05, 0.1) is 5.41 Å². The molecule has 3 heteroatoms. The van der Waals surface area contributed by atoms with Crippen LogP contribution in [0.5, 0.6) is 0 Å². The average molecular weight is 244 g/mol. The van der Waals surface area contributed by atoms with E-state index in [1.807, 2.05) is 30.3 Å². The fourth-order valence-electron chi connectivity index (χ4n) is 1.18. The molecule has 0 radical (unpaired) electrons. The van der Waals surface area contributed by atoms with Gasteiger partial charge < -0.3 is 5.11 Å². The minimum absolute atomic E-state index is 0. The van der Waals surface area contributed by atoms with E-state index in [0.717, 1.165) is 5.56 Å². The maximum atomic E-state index is 10.8. The number of benzene rings is 1. The molecule has 0 aliphatic heterocycles. The molecule has 0 saturated carbocycles. The number of carboxylic acid groups (broad SMARTS) is 1. The molecule has 0 bridgehead atoms. The maximum Gasteiger partial charge on any atom is 0.309 e. The third-order valence-electron chi connectivity index (χ3n) is 2.07. The topological polar surface area (TPSA) is 37.3 Å². The van der Waals surface area contributed by atoms with Crippen LogP contribution in [-0.4, -0.2) is 11.1 Å². The number of hydrogen-bond acceptors (Lipinski definition) is 1.